The van der Waals surface area contributed by atoms with Gasteiger partial charge in [0.1, 0.15) is 0 Å². The molecule has 0 radical (unpaired) electrons. The topological polar surface area (TPSA) is 20.2 Å². The number of fused-ring (bicyclic) bond motifs is 1. The molecule has 0 saturated carbocycles. The lowest BCUT2D eigenvalue weighted by Crippen LogP contribution is -2.12. The fourth-order valence-corrected chi connectivity index (χ4v) is 2.28. The molecule has 1 aliphatic rings. The van der Waals surface area contributed by atoms with Gasteiger partial charge in [-0.1, -0.05) is 37.6 Å². The first kappa shape index (κ1) is 8.76. The molecule has 0 saturated heterocycles. The quantitative estimate of drug-likeness (QED) is 0.644. The maximum absolute atomic E-state index is 9.84. The normalized spacial score (nSPS) is 24.5. The fourth-order valence-electron chi connectivity index (χ4n) is 2.28. The Labute approximate surface area is 79.4 Å². The molecule has 1 aliphatic carbocycles. The van der Waals surface area contributed by atoms with Crippen molar-refractivity contribution in [2.45, 2.75) is 38.7 Å². The van der Waals surface area contributed by atoms with E-state index in [1.807, 2.05) is 0 Å². The van der Waals surface area contributed by atoms with Gasteiger partial charge in [0, 0.05) is 0 Å². The minimum Gasteiger partial charge on any atom is -0.388 e. The summed E-state index contributed by atoms with van der Waals surface area (Å²) in [7, 11) is 0. The number of aliphatic hydroxyl groups is 1. The van der Waals surface area contributed by atoms with Gasteiger partial charge in [-0.2, -0.15) is 0 Å². The van der Waals surface area contributed by atoms with Crippen molar-refractivity contribution < 1.29 is 5.11 Å². The van der Waals surface area contributed by atoms with Crippen LogP contribution >= 0.6 is 0 Å². The highest BCUT2D eigenvalue weighted by Gasteiger charge is 2.35. The molecule has 1 heteroatoms. The molecule has 0 amide bonds. The highest BCUT2D eigenvalue weighted by atomic mass is 16.3. The molecule has 0 aromatic heterocycles. The van der Waals surface area contributed by atoms with E-state index in [-0.39, 0.29) is 11.5 Å². The van der Waals surface area contributed by atoms with Gasteiger partial charge in [-0.3, -0.25) is 0 Å². The van der Waals surface area contributed by atoms with Crippen LogP contribution in [0.2, 0.25) is 0 Å². The van der Waals surface area contributed by atoms with Crippen molar-refractivity contribution in [2.75, 3.05) is 0 Å². The second-order valence-electron chi connectivity index (χ2n) is 4.69. The molecule has 2 rings (SSSR count). The Morgan fingerprint density at radius 3 is 2.77 bits per heavy atom. The third-order valence-electron chi connectivity index (χ3n) is 3.00. The Morgan fingerprint density at radius 1 is 1.38 bits per heavy atom. The Kier molecular flexibility index (Phi) is 1.74. The smallest absolute Gasteiger partial charge is 0.0801 e. The Hall–Kier alpha value is -0.820. The average Bonchev–Trinajstić information content (AvgIpc) is 2.22. The monoisotopic (exact) mass is 176 g/mol. The van der Waals surface area contributed by atoms with Crippen molar-refractivity contribution >= 4 is 0 Å². The molecule has 0 bridgehead atoms. The Bertz CT molecular complexity index is 339. The van der Waals surface area contributed by atoms with Crippen LogP contribution in [0, 0.1) is 6.92 Å². The van der Waals surface area contributed by atoms with Crippen molar-refractivity contribution in [1.82, 2.24) is 0 Å². The number of rotatable bonds is 0. The zero-order chi connectivity index (χ0) is 9.64. The molecule has 1 aromatic carbocycles. The summed E-state index contributed by atoms with van der Waals surface area (Å²) in [6.07, 6.45) is 0.594. The average molecular weight is 176 g/mol. The summed E-state index contributed by atoms with van der Waals surface area (Å²) < 4.78 is 0. The molecule has 0 aliphatic heterocycles. The molecule has 0 spiro atoms. The maximum atomic E-state index is 9.84. The predicted octanol–water partition coefficient (Wildman–Crippen LogP) is 2.71. The van der Waals surface area contributed by atoms with Crippen LogP contribution < -0.4 is 0 Å². The number of hydrogen-bond acceptors (Lipinski definition) is 1. The molecular formula is C12H16O. The predicted molar refractivity (Wildman–Crippen MR) is 53.8 cm³/mol. The van der Waals surface area contributed by atoms with Crippen molar-refractivity contribution in [2.24, 2.45) is 0 Å². The molecule has 0 heterocycles. The molecule has 1 atom stereocenters. The van der Waals surface area contributed by atoms with Crippen LogP contribution in [0.3, 0.4) is 0 Å². The summed E-state index contributed by atoms with van der Waals surface area (Å²) in [5.41, 5.74) is 3.81. The summed E-state index contributed by atoms with van der Waals surface area (Å²) in [6.45, 7) is 6.45. The van der Waals surface area contributed by atoms with Crippen LogP contribution in [-0.4, -0.2) is 5.11 Å². The van der Waals surface area contributed by atoms with Gasteiger partial charge in [0.15, 0.2) is 0 Å². The highest BCUT2D eigenvalue weighted by molar-refractivity contribution is 5.42. The third kappa shape index (κ3) is 1.28. The lowest BCUT2D eigenvalue weighted by molar-refractivity contribution is 0.161. The zero-order valence-corrected chi connectivity index (χ0v) is 8.46. The minimum absolute atomic E-state index is 0.141. The lowest BCUT2D eigenvalue weighted by atomic mass is 9.86. The first-order valence-corrected chi connectivity index (χ1v) is 4.80. The second-order valence-corrected chi connectivity index (χ2v) is 4.69. The minimum atomic E-state index is -0.259. The van der Waals surface area contributed by atoms with E-state index in [0.29, 0.717) is 0 Å². The van der Waals surface area contributed by atoms with Crippen LogP contribution in [0.25, 0.3) is 0 Å². The number of benzene rings is 1. The molecule has 1 aromatic rings. The second kappa shape index (κ2) is 2.58. The molecule has 0 fully saturated rings. The van der Waals surface area contributed by atoms with Crippen molar-refractivity contribution in [1.29, 1.82) is 0 Å². The van der Waals surface area contributed by atoms with E-state index in [0.717, 1.165) is 12.0 Å². The number of aliphatic hydroxyl groups excluding tert-OH is 1. The number of aryl methyl sites for hydroxylation is 1. The lowest BCUT2D eigenvalue weighted by Gasteiger charge is -2.18. The Balaban J connectivity index is 2.59. The van der Waals surface area contributed by atoms with Crippen LogP contribution in [0.5, 0.6) is 0 Å². The van der Waals surface area contributed by atoms with Crippen LogP contribution in [-0.2, 0) is 5.41 Å². The van der Waals surface area contributed by atoms with Gasteiger partial charge < -0.3 is 5.11 Å². The van der Waals surface area contributed by atoms with E-state index < -0.39 is 0 Å². The van der Waals surface area contributed by atoms with E-state index in [2.05, 4.69) is 39.0 Å². The molecule has 0 unspecified atom stereocenters. The van der Waals surface area contributed by atoms with E-state index >= 15 is 0 Å². The molecule has 13 heavy (non-hydrogen) atoms. The van der Waals surface area contributed by atoms with Crippen molar-refractivity contribution in [3.05, 3.63) is 34.9 Å². The maximum Gasteiger partial charge on any atom is 0.0801 e. The largest absolute Gasteiger partial charge is 0.388 e. The van der Waals surface area contributed by atoms with Gasteiger partial charge in [0.25, 0.3) is 0 Å². The van der Waals surface area contributed by atoms with E-state index in [1.165, 1.54) is 11.1 Å². The first-order chi connectivity index (χ1) is 6.00. The van der Waals surface area contributed by atoms with Gasteiger partial charge in [-0.05, 0) is 29.9 Å². The first-order valence-electron chi connectivity index (χ1n) is 4.80. The number of hydrogen-bond donors (Lipinski definition) is 1. The molecule has 1 N–H and O–H groups in total. The van der Waals surface area contributed by atoms with E-state index in [1.54, 1.807) is 0 Å². The third-order valence-corrected chi connectivity index (χ3v) is 3.00. The summed E-state index contributed by atoms with van der Waals surface area (Å²) in [6, 6.07) is 6.38. The van der Waals surface area contributed by atoms with E-state index in [4.69, 9.17) is 0 Å². The highest BCUT2D eigenvalue weighted by Crippen LogP contribution is 2.44. The standard InChI is InChI=1S/C12H16O/c1-8-4-5-10-9(6-8)11(13)7-12(10,2)3/h4-6,11,13H,7H2,1-3H3/t11-/m0/s1. The van der Waals surface area contributed by atoms with Gasteiger partial charge in [0.05, 0.1) is 6.10 Å². The van der Waals surface area contributed by atoms with Gasteiger partial charge >= 0.3 is 0 Å². The Morgan fingerprint density at radius 2 is 2.08 bits per heavy atom. The summed E-state index contributed by atoms with van der Waals surface area (Å²) in [4.78, 5) is 0. The fraction of sp³-hybridized carbons (Fsp3) is 0.500. The SMILES string of the molecule is Cc1ccc2c(c1)[C@@H](O)CC2(C)C. The molecule has 70 valence electrons. The van der Waals surface area contributed by atoms with Gasteiger partial charge in [0.2, 0.25) is 0 Å². The summed E-state index contributed by atoms with van der Waals surface area (Å²) in [5.74, 6) is 0. The van der Waals surface area contributed by atoms with Crippen molar-refractivity contribution in [3.8, 4) is 0 Å². The summed E-state index contributed by atoms with van der Waals surface area (Å²) >= 11 is 0. The van der Waals surface area contributed by atoms with Crippen molar-refractivity contribution in [3.63, 3.8) is 0 Å². The molecule has 1 nitrogen and oxygen atoms in total. The van der Waals surface area contributed by atoms with Crippen LogP contribution in [0.4, 0.5) is 0 Å². The summed E-state index contributed by atoms with van der Waals surface area (Å²) in [5, 5.41) is 9.84. The van der Waals surface area contributed by atoms with Gasteiger partial charge in [-0.15, -0.1) is 0 Å². The van der Waals surface area contributed by atoms with Gasteiger partial charge in [-0.25, -0.2) is 0 Å². The zero-order valence-electron chi connectivity index (χ0n) is 8.46. The van der Waals surface area contributed by atoms with E-state index in [9.17, 15) is 5.11 Å². The molecular weight excluding hydrogens is 160 g/mol. The van der Waals surface area contributed by atoms with Crippen LogP contribution in [0.15, 0.2) is 18.2 Å². The van der Waals surface area contributed by atoms with Crippen LogP contribution in [0.1, 0.15) is 43.1 Å².